The Morgan fingerprint density at radius 3 is 2.62 bits per heavy atom. The van der Waals surface area contributed by atoms with Gasteiger partial charge in [-0.2, -0.15) is 13.2 Å². The van der Waals surface area contributed by atoms with E-state index in [1.54, 1.807) is 36.6 Å². The molecule has 0 aromatic heterocycles. The van der Waals surface area contributed by atoms with Gasteiger partial charge in [0.1, 0.15) is 0 Å². The van der Waals surface area contributed by atoms with Crippen molar-refractivity contribution in [3.63, 3.8) is 0 Å². The third-order valence-electron chi connectivity index (χ3n) is 1.93. The second-order valence-electron chi connectivity index (χ2n) is 3.13. The highest BCUT2D eigenvalue weighted by Crippen LogP contribution is 2.15. The first-order valence-electron chi connectivity index (χ1n) is 4.55. The molecule has 1 aromatic carbocycles. The van der Waals surface area contributed by atoms with Crippen LogP contribution in [0.5, 0.6) is 0 Å². The lowest BCUT2D eigenvalue weighted by molar-refractivity contribution is -0.173. The molecule has 6 heteroatoms. The molecule has 0 aliphatic rings. The highest BCUT2D eigenvalue weighted by Gasteiger charge is 2.38. The van der Waals surface area contributed by atoms with Crippen LogP contribution in [0.15, 0.2) is 24.3 Å². The van der Waals surface area contributed by atoms with Crippen LogP contribution >= 0.6 is 0 Å². The second kappa shape index (κ2) is 4.87. The Bertz CT molecular complexity index is 377. The van der Waals surface area contributed by atoms with E-state index in [9.17, 15) is 18.0 Å². The minimum atomic E-state index is -4.83. The minimum Gasteiger partial charge on any atom is -0.388 e. The first kappa shape index (κ1) is 12.4. The maximum atomic E-state index is 11.9. The standard InChI is InChI=1S/C10H11F3N2O/c1-14-8-4-2-3-7(5-8)6-15-9(16)10(11,12)13/h2-5,14H,6H2,1H3,(H,15,16). The monoisotopic (exact) mass is 232 g/mol. The number of nitrogens with one attached hydrogen (secondary N) is 2. The summed E-state index contributed by atoms with van der Waals surface area (Å²) in [6.07, 6.45) is -4.83. The minimum absolute atomic E-state index is 0.145. The van der Waals surface area contributed by atoms with Crippen molar-refractivity contribution in [3.8, 4) is 0 Å². The third-order valence-corrected chi connectivity index (χ3v) is 1.93. The van der Waals surface area contributed by atoms with Crippen LogP contribution in [0.25, 0.3) is 0 Å². The maximum absolute atomic E-state index is 11.9. The molecule has 16 heavy (non-hydrogen) atoms. The van der Waals surface area contributed by atoms with E-state index in [4.69, 9.17) is 0 Å². The lowest BCUT2D eigenvalue weighted by Crippen LogP contribution is -2.36. The second-order valence-corrected chi connectivity index (χ2v) is 3.13. The molecule has 0 aliphatic heterocycles. The average Bonchev–Trinajstić information content (AvgIpc) is 2.25. The summed E-state index contributed by atoms with van der Waals surface area (Å²) in [7, 11) is 1.70. The Hall–Kier alpha value is -1.72. The molecule has 0 unspecified atom stereocenters. The molecule has 0 bridgehead atoms. The molecule has 0 spiro atoms. The highest BCUT2D eigenvalue weighted by atomic mass is 19.4. The summed E-state index contributed by atoms with van der Waals surface area (Å²) in [5, 5.41) is 4.65. The number of anilines is 1. The molecule has 0 atom stereocenters. The largest absolute Gasteiger partial charge is 0.471 e. The van der Waals surface area contributed by atoms with Crippen molar-refractivity contribution in [2.24, 2.45) is 0 Å². The predicted octanol–water partition coefficient (Wildman–Crippen LogP) is 1.91. The van der Waals surface area contributed by atoms with E-state index in [2.05, 4.69) is 5.32 Å². The normalized spacial score (nSPS) is 11.0. The molecular weight excluding hydrogens is 221 g/mol. The number of benzene rings is 1. The Labute approximate surface area is 90.6 Å². The number of halogens is 3. The van der Waals surface area contributed by atoms with Gasteiger partial charge in [-0.25, -0.2) is 0 Å². The van der Waals surface area contributed by atoms with Crippen LogP contribution in [0.2, 0.25) is 0 Å². The fourth-order valence-electron chi connectivity index (χ4n) is 1.12. The Kier molecular flexibility index (Phi) is 3.76. The Balaban J connectivity index is 2.58. The van der Waals surface area contributed by atoms with Gasteiger partial charge in [0.25, 0.3) is 0 Å². The van der Waals surface area contributed by atoms with E-state index < -0.39 is 12.1 Å². The summed E-state index contributed by atoms with van der Waals surface area (Å²) in [6.45, 7) is -0.145. The van der Waals surface area contributed by atoms with Gasteiger partial charge in [-0.3, -0.25) is 4.79 Å². The summed E-state index contributed by atoms with van der Waals surface area (Å²) < 4.78 is 35.6. The smallest absolute Gasteiger partial charge is 0.388 e. The van der Waals surface area contributed by atoms with E-state index >= 15 is 0 Å². The van der Waals surface area contributed by atoms with Crippen LogP contribution in [0, 0.1) is 0 Å². The zero-order valence-electron chi connectivity index (χ0n) is 8.56. The molecule has 2 N–H and O–H groups in total. The molecule has 0 saturated heterocycles. The summed E-state index contributed by atoms with van der Waals surface area (Å²) in [5.74, 6) is -1.93. The Morgan fingerprint density at radius 2 is 2.06 bits per heavy atom. The Morgan fingerprint density at radius 1 is 1.38 bits per heavy atom. The number of hydrogen-bond acceptors (Lipinski definition) is 2. The molecule has 1 amide bonds. The van der Waals surface area contributed by atoms with Crippen molar-refractivity contribution < 1.29 is 18.0 Å². The number of amides is 1. The molecule has 1 rings (SSSR count). The van der Waals surface area contributed by atoms with Crippen molar-refractivity contribution >= 4 is 11.6 Å². The van der Waals surface area contributed by atoms with E-state index in [-0.39, 0.29) is 6.54 Å². The number of alkyl halides is 3. The van der Waals surface area contributed by atoms with Gasteiger partial charge in [0, 0.05) is 19.3 Å². The highest BCUT2D eigenvalue weighted by molar-refractivity contribution is 5.81. The molecule has 0 fully saturated rings. The van der Waals surface area contributed by atoms with E-state index in [0.29, 0.717) is 5.56 Å². The SMILES string of the molecule is CNc1cccc(CNC(=O)C(F)(F)F)c1. The fourth-order valence-corrected chi connectivity index (χ4v) is 1.12. The van der Waals surface area contributed by atoms with E-state index in [1.165, 1.54) is 0 Å². The molecule has 0 saturated carbocycles. The topological polar surface area (TPSA) is 41.1 Å². The molecule has 0 aliphatic carbocycles. The molecule has 1 aromatic rings. The lowest BCUT2D eigenvalue weighted by atomic mass is 10.2. The van der Waals surface area contributed by atoms with Crippen molar-refractivity contribution in [3.05, 3.63) is 29.8 Å². The summed E-state index contributed by atoms with van der Waals surface area (Å²) >= 11 is 0. The quantitative estimate of drug-likeness (QED) is 0.835. The van der Waals surface area contributed by atoms with Crippen LogP contribution in [-0.4, -0.2) is 19.1 Å². The number of carbonyl (C=O) groups is 1. The van der Waals surface area contributed by atoms with Crippen LogP contribution in [0.4, 0.5) is 18.9 Å². The van der Waals surface area contributed by atoms with Gasteiger partial charge in [-0.1, -0.05) is 12.1 Å². The lowest BCUT2D eigenvalue weighted by Gasteiger charge is -2.08. The van der Waals surface area contributed by atoms with E-state index in [1.807, 2.05) is 0 Å². The zero-order chi connectivity index (χ0) is 12.2. The summed E-state index contributed by atoms with van der Waals surface area (Å²) in [6, 6.07) is 6.77. The van der Waals surface area contributed by atoms with Gasteiger partial charge in [0.05, 0.1) is 0 Å². The number of rotatable bonds is 3. The third kappa shape index (κ3) is 3.45. The van der Waals surface area contributed by atoms with Gasteiger partial charge in [0.15, 0.2) is 0 Å². The van der Waals surface area contributed by atoms with Gasteiger partial charge in [-0.05, 0) is 17.7 Å². The van der Waals surface area contributed by atoms with Crippen molar-refractivity contribution in [1.82, 2.24) is 5.32 Å². The van der Waals surface area contributed by atoms with Gasteiger partial charge >= 0.3 is 12.1 Å². The maximum Gasteiger partial charge on any atom is 0.471 e. The summed E-state index contributed by atoms with van der Waals surface area (Å²) in [4.78, 5) is 10.5. The zero-order valence-corrected chi connectivity index (χ0v) is 8.56. The number of carbonyl (C=O) groups excluding carboxylic acids is 1. The van der Waals surface area contributed by atoms with E-state index in [0.717, 1.165) is 5.69 Å². The predicted molar refractivity (Wildman–Crippen MR) is 53.9 cm³/mol. The molecule has 3 nitrogen and oxygen atoms in total. The summed E-state index contributed by atoms with van der Waals surface area (Å²) in [5.41, 5.74) is 1.38. The molecule has 0 heterocycles. The van der Waals surface area contributed by atoms with Crippen LogP contribution in [0.3, 0.4) is 0 Å². The van der Waals surface area contributed by atoms with Crippen LogP contribution in [-0.2, 0) is 11.3 Å². The molecular formula is C10H11F3N2O. The van der Waals surface area contributed by atoms with Crippen LogP contribution < -0.4 is 10.6 Å². The average molecular weight is 232 g/mol. The molecule has 88 valence electrons. The van der Waals surface area contributed by atoms with Crippen molar-refractivity contribution in [2.45, 2.75) is 12.7 Å². The van der Waals surface area contributed by atoms with Crippen molar-refractivity contribution in [1.29, 1.82) is 0 Å². The fraction of sp³-hybridized carbons (Fsp3) is 0.300. The van der Waals surface area contributed by atoms with Crippen LogP contribution in [0.1, 0.15) is 5.56 Å². The van der Waals surface area contributed by atoms with Gasteiger partial charge in [0.2, 0.25) is 0 Å². The first-order chi connectivity index (χ1) is 7.43. The van der Waals surface area contributed by atoms with Gasteiger partial charge < -0.3 is 10.6 Å². The number of hydrogen-bond donors (Lipinski definition) is 2. The van der Waals surface area contributed by atoms with Gasteiger partial charge in [-0.15, -0.1) is 0 Å². The molecule has 0 radical (unpaired) electrons. The van der Waals surface area contributed by atoms with Crippen molar-refractivity contribution in [2.75, 3.05) is 12.4 Å². The first-order valence-corrected chi connectivity index (χ1v) is 4.55.